The number of nitrogens with zero attached hydrogens (tertiary/aromatic N) is 3. The molecule has 2 N–H and O–H groups in total. The van der Waals surface area contributed by atoms with Gasteiger partial charge in [-0.3, -0.25) is 9.89 Å². The first-order valence-electron chi connectivity index (χ1n) is 8.84. The lowest BCUT2D eigenvalue weighted by Crippen LogP contribution is -2.13. The number of carbonyl (C=O) groups is 1. The average molecular weight is 384 g/mol. The quantitative estimate of drug-likeness (QED) is 0.476. The van der Waals surface area contributed by atoms with Crippen molar-refractivity contribution in [1.29, 1.82) is 0 Å². The first-order chi connectivity index (χ1) is 14.1. The van der Waals surface area contributed by atoms with Crippen molar-refractivity contribution in [3.63, 3.8) is 0 Å². The molecule has 0 saturated heterocycles. The molecule has 0 saturated carbocycles. The number of H-pyrrole nitrogens is 1. The van der Waals surface area contributed by atoms with E-state index in [0.29, 0.717) is 17.1 Å². The highest BCUT2D eigenvalue weighted by molar-refractivity contribution is 5.87. The number of carboxylic acid groups (broad SMARTS) is 1. The summed E-state index contributed by atoms with van der Waals surface area (Å²) in [7, 11) is 0. The molecule has 3 aromatic carbocycles. The Hall–Kier alpha value is -4.26. The van der Waals surface area contributed by atoms with Gasteiger partial charge in [0.25, 0.3) is 5.56 Å². The van der Waals surface area contributed by atoms with Gasteiger partial charge in [0.1, 0.15) is 0 Å². The van der Waals surface area contributed by atoms with Gasteiger partial charge in [0, 0.05) is 5.56 Å². The number of aromatic nitrogens is 2. The Morgan fingerprint density at radius 2 is 1.45 bits per heavy atom. The maximum atomic E-state index is 13.0. The van der Waals surface area contributed by atoms with E-state index in [0.717, 1.165) is 5.56 Å². The van der Waals surface area contributed by atoms with E-state index in [9.17, 15) is 9.59 Å². The molecule has 0 fully saturated rings. The summed E-state index contributed by atoms with van der Waals surface area (Å²) < 4.78 is 1.42. The topological polar surface area (TPSA) is 99.8 Å². The summed E-state index contributed by atoms with van der Waals surface area (Å²) in [6.45, 7) is 0. The van der Waals surface area contributed by atoms with Gasteiger partial charge < -0.3 is 5.11 Å². The maximum absolute atomic E-state index is 13.0. The van der Waals surface area contributed by atoms with E-state index in [-0.39, 0.29) is 16.8 Å². The van der Waals surface area contributed by atoms with Gasteiger partial charge in [0.05, 0.1) is 22.6 Å². The number of nitrogens with one attached hydrogen (secondary N) is 1. The molecule has 142 valence electrons. The summed E-state index contributed by atoms with van der Waals surface area (Å²) in [6.07, 6.45) is 0. The van der Waals surface area contributed by atoms with Gasteiger partial charge in [-0.25, -0.2) is 9.48 Å². The standard InChI is InChI=1S/C22H16N4O3/c27-21-20(24-23-17-13-11-16(12-14-17)22(28)29)19(15-7-3-1-4-8-15)25-26(21)18-9-5-2-6-10-18/h1-14,25H,(H,28,29). The normalized spacial score (nSPS) is 11.0. The van der Waals surface area contributed by atoms with Crippen molar-refractivity contribution in [3.05, 3.63) is 101 Å². The molecule has 0 bridgehead atoms. The molecule has 0 unspecified atom stereocenters. The minimum atomic E-state index is -1.02. The molecule has 0 radical (unpaired) electrons. The van der Waals surface area contributed by atoms with Gasteiger partial charge >= 0.3 is 5.97 Å². The molecular weight excluding hydrogens is 368 g/mol. The van der Waals surface area contributed by atoms with Crippen LogP contribution in [0.4, 0.5) is 11.4 Å². The lowest BCUT2D eigenvalue weighted by atomic mass is 10.1. The molecule has 7 nitrogen and oxygen atoms in total. The fourth-order valence-corrected chi connectivity index (χ4v) is 2.86. The number of aromatic amines is 1. The minimum absolute atomic E-state index is 0.155. The predicted molar refractivity (Wildman–Crippen MR) is 109 cm³/mol. The molecule has 1 heterocycles. The largest absolute Gasteiger partial charge is 0.478 e. The fourth-order valence-electron chi connectivity index (χ4n) is 2.86. The summed E-state index contributed by atoms with van der Waals surface area (Å²) in [5, 5.41) is 20.4. The van der Waals surface area contributed by atoms with Crippen LogP contribution in [0.15, 0.2) is 100.0 Å². The van der Waals surface area contributed by atoms with Crippen LogP contribution < -0.4 is 5.56 Å². The van der Waals surface area contributed by atoms with E-state index in [1.165, 1.54) is 28.9 Å². The van der Waals surface area contributed by atoms with E-state index in [2.05, 4.69) is 15.3 Å². The van der Waals surface area contributed by atoms with Crippen molar-refractivity contribution in [1.82, 2.24) is 9.78 Å². The van der Waals surface area contributed by atoms with Crippen LogP contribution in [0.2, 0.25) is 0 Å². The van der Waals surface area contributed by atoms with Crippen LogP contribution in [0.3, 0.4) is 0 Å². The van der Waals surface area contributed by atoms with Gasteiger partial charge in [0.2, 0.25) is 0 Å². The van der Waals surface area contributed by atoms with Crippen molar-refractivity contribution < 1.29 is 9.90 Å². The van der Waals surface area contributed by atoms with Crippen molar-refractivity contribution in [3.8, 4) is 16.9 Å². The van der Waals surface area contributed by atoms with E-state index in [1.54, 1.807) is 0 Å². The molecular formula is C22H16N4O3. The predicted octanol–water partition coefficient (Wildman–Crippen LogP) is 4.95. The molecule has 1 aromatic heterocycles. The highest BCUT2D eigenvalue weighted by atomic mass is 16.4. The second-order valence-corrected chi connectivity index (χ2v) is 6.23. The van der Waals surface area contributed by atoms with Crippen molar-refractivity contribution in [2.75, 3.05) is 0 Å². The first-order valence-corrected chi connectivity index (χ1v) is 8.84. The Morgan fingerprint density at radius 1 is 0.828 bits per heavy atom. The Labute approximate surface area is 165 Å². The molecule has 0 spiro atoms. The second kappa shape index (κ2) is 7.77. The third-order valence-corrected chi connectivity index (χ3v) is 4.32. The number of carboxylic acids is 1. The molecule has 0 aliphatic carbocycles. The fraction of sp³-hybridized carbons (Fsp3) is 0. The van der Waals surface area contributed by atoms with Crippen LogP contribution in [0.25, 0.3) is 16.9 Å². The molecule has 0 amide bonds. The van der Waals surface area contributed by atoms with Crippen LogP contribution >= 0.6 is 0 Å². The SMILES string of the molecule is O=C(O)c1ccc(N=Nc2c(-c3ccccc3)[nH]n(-c3ccccc3)c2=O)cc1. The Bertz CT molecular complexity index is 1220. The number of benzene rings is 3. The van der Waals surface area contributed by atoms with Crippen LogP contribution in [-0.2, 0) is 0 Å². The van der Waals surface area contributed by atoms with Gasteiger partial charge in [-0.2, -0.15) is 5.11 Å². The van der Waals surface area contributed by atoms with Crippen molar-refractivity contribution in [2.45, 2.75) is 0 Å². The van der Waals surface area contributed by atoms with Gasteiger partial charge in [-0.05, 0) is 36.4 Å². The zero-order chi connectivity index (χ0) is 20.2. The highest BCUT2D eigenvalue weighted by Gasteiger charge is 2.16. The average Bonchev–Trinajstić information content (AvgIpc) is 3.10. The van der Waals surface area contributed by atoms with E-state index in [4.69, 9.17) is 5.11 Å². The lowest BCUT2D eigenvalue weighted by Gasteiger charge is -2.01. The summed E-state index contributed by atoms with van der Waals surface area (Å²) in [5.74, 6) is -1.02. The molecule has 0 aliphatic rings. The zero-order valence-electron chi connectivity index (χ0n) is 15.2. The van der Waals surface area contributed by atoms with E-state index in [1.807, 2.05) is 60.7 Å². The van der Waals surface area contributed by atoms with Crippen molar-refractivity contribution in [2.24, 2.45) is 10.2 Å². The first kappa shape index (κ1) is 18.1. The van der Waals surface area contributed by atoms with Crippen LogP contribution in [0.5, 0.6) is 0 Å². The Balaban J connectivity index is 1.80. The highest BCUT2D eigenvalue weighted by Crippen LogP contribution is 2.28. The van der Waals surface area contributed by atoms with Crippen LogP contribution in [0, 0.1) is 0 Å². The summed E-state index contributed by atoms with van der Waals surface area (Å²) >= 11 is 0. The zero-order valence-corrected chi connectivity index (χ0v) is 15.2. The number of hydrogen-bond donors (Lipinski definition) is 2. The van der Waals surface area contributed by atoms with E-state index < -0.39 is 5.97 Å². The van der Waals surface area contributed by atoms with Gasteiger partial charge in [0.15, 0.2) is 5.69 Å². The van der Waals surface area contributed by atoms with Gasteiger partial charge in [-0.1, -0.05) is 48.5 Å². The number of azo groups is 1. The van der Waals surface area contributed by atoms with Crippen LogP contribution in [-0.4, -0.2) is 20.9 Å². The van der Waals surface area contributed by atoms with Crippen molar-refractivity contribution >= 4 is 17.3 Å². The minimum Gasteiger partial charge on any atom is -0.478 e. The summed E-state index contributed by atoms with van der Waals surface area (Å²) in [4.78, 5) is 24.0. The van der Waals surface area contributed by atoms with Crippen LogP contribution in [0.1, 0.15) is 10.4 Å². The smallest absolute Gasteiger partial charge is 0.335 e. The molecule has 0 aliphatic heterocycles. The molecule has 7 heteroatoms. The lowest BCUT2D eigenvalue weighted by molar-refractivity contribution is 0.0697. The summed E-state index contributed by atoms with van der Waals surface area (Å²) in [5.41, 5.74) is 2.47. The maximum Gasteiger partial charge on any atom is 0.335 e. The number of hydrogen-bond acceptors (Lipinski definition) is 4. The third kappa shape index (κ3) is 3.74. The number of para-hydroxylation sites is 1. The summed E-state index contributed by atoms with van der Waals surface area (Å²) in [6, 6.07) is 24.5. The van der Waals surface area contributed by atoms with Gasteiger partial charge in [-0.15, -0.1) is 5.11 Å². The van der Waals surface area contributed by atoms with E-state index >= 15 is 0 Å². The number of aromatic carboxylic acids is 1. The molecule has 29 heavy (non-hydrogen) atoms. The second-order valence-electron chi connectivity index (χ2n) is 6.23. The monoisotopic (exact) mass is 384 g/mol. The number of rotatable bonds is 5. The third-order valence-electron chi connectivity index (χ3n) is 4.32. The Morgan fingerprint density at radius 3 is 2.07 bits per heavy atom. The molecule has 4 aromatic rings. The molecule has 0 atom stereocenters. The Kier molecular flexibility index (Phi) is 4.86. The molecule has 4 rings (SSSR count).